The third-order valence-electron chi connectivity index (χ3n) is 8.10. The van der Waals surface area contributed by atoms with Crippen molar-refractivity contribution in [3.05, 3.63) is 157 Å². The van der Waals surface area contributed by atoms with Crippen molar-refractivity contribution in [1.82, 2.24) is 25.1 Å². The monoisotopic (exact) mass is 635 g/mol. The first-order valence-electron chi connectivity index (χ1n) is 15.3. The largest absolute Gasteiger partial charge is 0.497 e. The van der Waals surface area contributed by atoms with E-state index in [2.05, 4.69) is 26.6 Å². The zero-order valence-electron chi connectivity index (χ0n) is 26.0. The lowest BCUT2D eigenvalue weighted by molar-refractivity contribution is 0.0932. The molecule has 0 fully saturated rings. The lowest BCUT2D eigenvalue weighted by Crippen LogP contribution is -2.31. The minimum absolute atomic E-state index is 0.245. The van der Waals surface area contributed by atoms with Crippen molar-refractivity contribution in [2.45, 2.75) is 12.6 Å². The molecule has 7 aromatic rings. The van der Waals surface area contributed by atoms with Crippen LogP contribution >= 0.6 is 0 Å². The zero-order valence-corrected chi connectivity index (χ0v) is 26.0. The molecule has 1 atom stereocenters. The molecule has 0 unspecified atom stereocenters. The summed E-state index contributed by atoms with van der Waals surface area (Å²) in [6.45, 7) is 0.438. The van der Waals surface area contributed by atoms with E-state index in [4.69, 9.17) is 9.15 Å². The van der Waals surface area contributed by atoms with Gasteiger partial charge in [0.15, 0.2) is 0 Å². The number of hydrogen-bond donors (Lipinski definition) is 1. The molecule has 236 valence electrons. The Morgan fingerprint density at radius 2 is 1.44 bits per heavy atom. The maximum Gasteiger partial charge on any atom is 0.251 e. The van der Waals surface area contributed by atoms with Crippen LogP contribution in [-0.2, 0) is 6.54 Å². The summed E-state index contributed by atoms with van der Waals surface area (Å²) in [5.41, 5.74) is 6.58. The van der Waals surface area contributed by atoms with Crippen molar-refractivity contribution in [2.75, 3.05) is 7.11 Å². The van der Waals surface area contributed by atoms with Gasteiger partial charge in [0.05, 0.1) is 19.5 Å². The molecule has 7 rings (SSSR count). The second-order valence-electron chi connectivity index (χ2n) is 11.2. The topological polar surface area (TPSA) is 95.1 Å². The molecule has 2 aromatic heterocycles. The number of ether oxygens (including phenoxy) is 1. The molecule has 8 nitrogen and oxygen atoms in total. The highest BCUT2D eigenvalue weighted by Gasteiger charge is 2.22. The summed E-state index contributed by atoms with van der Waals surface area (Å²) in [5, 5.41) is 11.6. The predicted octanol–water partition coefficient (Wildman–Crippen LogP) is 8.25. The Balaban J connectivity index is 1.21. The predicted molar refractivity (Wildman–Crippen MR) is 181 cm³/mol. The van der Waals surface area contributed by atoms with Gasteiger partial charge in [-0.25, -0.2) is 9.37 Å². The first kappa shape index (κ1) is 30.3. The average Bonchev–Trinajstić information content (AvgIpc) is 3.85. The van der Waals surface area contributed by atoms with Crippen molar-refractivity contribution < 1.29 is 18.3 Å². The molecule has 0 aliphatic rings. The van der Waals surface area contributed by atoms with Crippen molar-refractivity contribution in [1.29, 1.82) is 0 Å². The van der Waals surface area contributed by atoms with E-state index in [0.29, 0.717) is 29.5 Å². The number of aromatic nitrogens is 4. The molecule has 48 heavy (non-hydrogen) atoms. The quantitative estimate of drug-likeness (QED) is 0.163. The first-order chi connectivity index (χ1) is 23.5. The molecule has 0 saturated carbocycles. The number of rotatable bonds is 10. The Hall–Kier alpha value is -6.35. The first-order valence-corrected chi connectivity index (χ1v) is 15.3. The summed E-state index contributed by atoms with van der Waals surface area (Å²) >= 11 is 0. The molecule has 0 radical (unpaired) electrons. The Morgan fingerprint density at radius 1 is 0.792 bits per heavy atom. The number of amides is 1. The van der Waals surface area contributed by atoms with Crippen LogP contribution in [0.4, 0.5) is 4.39 Å². The van der Waals surface area contributed by atoms with Gasteiger partial charge in [-0.3, -0.25) is 4.79 Å². The van der Waals surface area contributed by atoms with Crippen LogP contribution in [0.1, 0.15) is 22.0 Å². The summed E-state index contributed by atoms with van der Waals surface area (Å²) in [6, 6.07) is 36.5. The Kier molecular flexibility index (Phi) is 8.56. The van der Waals surface area contributed by atoms with Crippen LogP contribution in [0, 0.1) is 5.82 Å². The van der Waals surface area contributed by atoms with E-state index < -0.39 is 6.04 Å². The van der Waals surface area contributed by atoms with E-state index in [1.54, 1.807) is 56.0 Å². The number of carbonyl (C=O) groups excluding carboxylic acids is 1. The smallest absolute Gasteiger partial charge is 0.251 e. The zero-order chi connectivity index (χ0) is 32.9. The second kappa shape index (κ2) is 13.6. The van der Waals surface area contributed by atoms with Gasteiger partial charge >= 0.3 is 0 Å². The van der Waals surface area contributed by atoms with Gasteiger partial charge in [-0.05, 0) is 94.5 Å². The van der Waals surface area contributed by atoms with E-state index in [0.717, 1.165) is 39.1 Å². The van der Waals surface area contributed by atoms with Crippen molar-refractivity contribution in [3.63, 3.8) is 0 Å². The maximum atomic E-state index is 13.8. The molecular formula is C39H30FN5O3. The van der Waals surface area contributed by atoms with Gasteiger partial charge in [-0.15, -0.1) is 10.2 Å². The number of methoxy groups -OCH3 is 1. The fourth-order valence-electron chi connectivity index (χ4n) is 5.57. The van der Waals surface area contributed by atoms with Gasteiger partial charge in [-0.1, -0.05) is 54.6 Å². The molecule has 0 aliphatic carbocycles. The van der Waals surface area contributed by atoms with Crippen LogP contribution < -0.4 is 10.1 Å². The second-order valence-corrected chi connectivity index (χ2v) is 11.2. The van der Waals surface area contributed by atoms with Gasteiger partial charge in [0.25, 0.3) is 5.91 Å². The van der Waals surface area contributed by atoms with Crippen LogP contribution in [0.5, 0.6) is 5.75 Å². The summed E-state index contributed by atoms with van der Waals surface area (Å²) in [7, 11) is 1.63. The Morgan fingerprint density at radius 3 is 2.10 bits per heavy atom. The highest BCUT2D eigenvalue weighted by atomic mass is 19.1. The van der Waals surface area contributed by atoms with Crippen LogP contribution in [0.2, 0.25) is 0 Å². The minimum atomic E-state index is -0.435. The third kappa shape index (κ3) is 6.61. The fraction of sp³-hybridized carbons (Fsp3) is 0.0769. The number of nitrogens with zero attached hydrogens (tertiary/aromatic N) is 4. The van der Waals surface area contributed by atoms with E-state index in [-0.39, 0.29) is 11.7 Å². The molecule has 2 heterocycles. The number of benzene rings is 5. The summed E-state index contributed by atoms with van der Waals surface area (Å²) in [5.74, 6) is 0.983. The Labute approximate surface area is 276 Å². The maximum absolute atomic E-state index is 13.8. The van der Waals surface area contributed by atoms with Crippen molar-refractivity contribution in [3.8, 4) is 50.9 Å². The third-order valence-corrected chi connectivity index (χ3v) is 8.10. The summed E-state index contributed by atoms with van der Waals surface area (Å²) in [6.07, 6.45) is 5.30. The standard InChI is InChI=1S/C39H30FN5O3/c1-47-33-18-13-27(14-19-33)35-23-31(26-11-16-32(40)17-12-26)15-20-34(35)36(24-45-22-21-41-25-45)42-37(46)28-7-9-30(10-8-28)39-44-43-38(48-39)29-5-3-2-4-6-29/h2-23,25,36H,24H2,1H3,(H,42,46)/t36-/m0/s1. The lowest BCUT2D eigenvalue weighted by atomic mass is 9.90. The molecule has 0 saturated heterocycles. The summed E-state index contributed by atoms with van der Waals surface area (Å²) < 4.78 is 27.0. The molecule has 0 spiro atoms. The number of nitrogens with one attached hydrogen (secondary N) is 1. The van der Waals surface area contributed by atoms with Gasteiger partial charge in [0.2, 0.25) is 11.8 Å². The highest BCUT2D eigenvalue weighted by Crippen LogP contribution is 2.35. The number of hydrogen-bond acceptors (Lipinski definition) is 6. The molecule has 1 N–H and O–H groups in total. The molecule has 5 aromatic carbocycles. The number of halogens is 1. The normalized spacial score (nSPS) is 11.6. The highest BCUT2D eigenvalue weighted by molar-refractivity contribution is 5.95. The van der Waals surface area contributed by atoms with E-state index in [9.17, 15) is 9.18 Å². The SMILES string of the molecule is COc1ccc(-c2cc(-c3ccc(F)cc3)ccc2[C@H](Cn2ccnc2)NC(=O)c2ccc(-c3nnc(-c4ccccc4)o3)cc2)cc1. The Bertz CT molecular complexity index is 2130. The van der Waals surface area contributed by atoms with E-state index in [1.165, 1.54) is 12.1 Å². The summed E-state index contributed by atoms with van der Waals surface area (Å²) in [4.78, 5) is 18.0. The van der Waals surface area contributed by atoms with Crippen LogP contribution in [0.15, 0.2) is 144 Å². The number of imidazole rings is 1. The van der Waals surface area contributed by atoms with Gasteiger partial charge in [0.1, 0.15) is 11.6 Å². The van der Waals surface area contributed by atoms with E-state index in [1.807, 2.05) is 77.5 Å². The van der Waals surface area contributed by atoms with Crippen molar-refractivity contribution in [2.24, 2.45) is 0 Å². The van der Waals surface area contributed by atoms with Crippen molar-refractivity contribution >= 4 is 5.91 Å². The average molecular weight is 636 g/mol. The molecule has 1 amide bonds. The molecule has 0 aliphatic heterocycles. The van der Waals surface area contributed by atoms with Crippen LogP contribution in [-0.4, -0.2) is 32.8 Å². The van der Waals surface area contributed by atoms with Gasteiger partial charge in [-0.2, -0.15) is 0 Å². The molecule has 9 heteroatoms. The lowest BCUT2D eigenvalue weighted by Gasteiger charge is -2.24. The molecular weight excluding hydrogens is 605 g/mol. The van der Waals surface area contributed by atoms with Crippen LogP contribution in [0.25, 0.3) is 45.2 Å². The molecule has 0 bridgehead atoms. The van der Waals surface area contributed by atoms with Crippen LogP contribution in [0.3, 0.4) is 0 Å². The minimum Gasteiger partial charge on any atom is -0.497 e. The van der Waals surface area contributed by atoms with Gasteiger partial charge in [0, 0.05) is 35.6 Å². The van der Waals surface area contributed by atoms with Gasteiger partial charge < -0.3 is 19.0 Å². The fourth-order valence-corrected chi connectivity index (χ4v) is 5.57. The van der Waals surface area contributed by atoms with E-state index >= 15 is 0 Å². The number of carbonyl (C=O) groups is 1.